The highest BCUT2D eigenvalue weighted by Gasteiger charge is 2.42. The topological polar surface area (TPSA) is 6.48 Å². The molecule has 0 bridgehead atoms. The molecule has 1 aliphatic carbocycles. The molecule has 0 unspecified atom stereocenters. The minimum atomic E-state index is 0.797. The molecule has 23 heavy (non-hydrogen) atoms. The summed E-state index contributed by atoms with van der Waals surface area (Å²) in [6, 6.07) is 10.5. The summed E-state index contributed by atoms with van der Waals surface area (Å²) in [5.74, 6) is 0.932. The predicted molar refractivity (Wildman–Crippen MR) is 99.5 cm³/mol. The molecule has 2 nitrogen and oxygen atoms in total. The Labute approximate surface area is 149 Å². The third kappa shape index (κ3) is 3.52. The van der Waals surface area contributed by atoms with Crippen LogP contribution >= 0.6 is 15.9 Å². The first-order valence-electron chi connectivity index (χ1n) is 9.54. The van der Waals surface area contributed by atoms with E-state index in [9.17, 15) is 0 Å². The van der Waals surface area contributed by atoms with E-state index in [-0.39, 0.29) is 0 Å². The average molecular weight is 377 g/mol. The fourth-order valence-electron chi connectivity index (χ4n) is 5.31. The van der Waals surface area contributed by atoms with Crippen LogP contribution in [0, 0.1) is 5.92 Å². The largest absolute Gasteiger partial charge is 0.298 e. The summed E-state index contributed by atoms with van der Waals surface area (Å²) >= 11 is 3.64. The van der Waals surface area contributed by atoms with Gasteiger partial charge in [0.1, 0.15) is 0 Å². The summed E-state index contributed by atoms with van der Waals surface area (Å²) in [5, 5.41) is 0. The van der Waals surface area contributed by atoms with Crippen molar-refractivity contribution in [3.05, 3.63) is 34.3 Å². The van der Waals surface area contributed by atoms with Crippen LogP contribution in [-0.2, 0) is 6.54 Å². The van der Waals surface area contributed by atoms with Crippen LogP contribution < -0.4 is 0 Å². The van der Waals surface area contributed by atoms with Crippen molar-refractivity contribution < 1.29 is 0 Å². The molecule has 3 heteroatoms. The van der Waals surface area contributed by atoms with E-state index in [4.69, 9.17) is 0 Å². The van der Waals surface area contributed by atoms with Gasteiger partial charge in [-0.25, -0.2) is 0 Å². The minimum Gasteiger partial charge on any atom is -0.298 e. The van der Waals surface area contributed by atoms with Gasteiger partial charge in [0.15, 0.2) is 0 Å². The minimum absolute atomic E-state index is 0.797. The molecule has 2 atom stereocenters. The highest BCUT2D eigenvalue weighted by atomic mass is 79.9. The summed E-state index contributed by atoms with van der Waals surface area (Å²) in [4.78, 5) is 5.64. The fraction of sp³-hybridized carbons (Fsp3) is 0.700. The second-order valence-electron chi connectivity index (χ2n) is 7.73. The summed E-state index contributed by atoms with van der Waals surface area (Å²) in [5.41, 5.74) is 1.46. The van der Waals surface area contributed by atoms with Gasteiger partial charge in [-0.15, -0.1) is 0 Å². The first-order valence-corrected chi connectivity index (χ1v) is 10.3. The first kappa shape index (κ1) is 16.1. The maximum atomic E-state index is 3.64. The van der Waals surface area contributed by atoms with Crippen LogP contribution in [0.5, 0.6) is 0 Å². The van der Waals surface area contributed by atoms with Gasteiger partial charge in [-0.1, -0.05) is 47.3 Å². The van der Waals surface area contributed by atoms with Crippen molar-refractivity contribution in [2.24, 2.45) is 5.92 Å². The first-order chi connectivity index (χ1) is 11.3. The monoisotopic (exact) mass is 376 g/mol. The molecule has 3 aliphatic rings. The lowest BCUT2D eigenvalue weighted by Gasteiger charge is -2.49. The van der Waals surface area contributed by atoms with E-state index in [1.807, 2.05) is 0 Å². The van der Waals surface area contributed by atoms with Crippen LogP contribution in [0.1, 0.15) is 50.5 Å². The van der Waals surface area contributed by atoms with Crippen molar-refractivity contribution >= 4 is 15.9 Å². The molecule has 2 saturated heterocycles. The van der Waals surface area contributed by atoms with Gasteiger partial charge in [0.25, 0.3) is 0 Å². The number of nitrogens with zero attached hydrogens (tertiary/aromatic N) is 2. The maximum Gasteiger partial charge on any atom is 0.0283 e. The Morgan fingerprint density at radius 3 is 2.65 bits per heavy atom. The number of hydrogen-bond acceptors (Lipinski definition) is 2. The fourth-order valence-corrected chi connectivity index (χ4v) is 5.75. The van der Waals surface area contributed by atoms with E-state index in [2.05, 4.69) is 50.0 Å². The van der Waals surface area contributed by atoms with Crippen molar-refractivity contribution in [1.82, 2.24) is 9.80 Å². The Kier molecular flexibility index (Phi) is 5.07. The molecule has 126 valence electrons. The average Bonchev–Trinajstić information content (AvgIpc) is 3.04. The Morgan fingerprint density at radius 2 is 1.83 bits per heavy atom. The van der Waals surface area contributed by atoms with Crippen LogP contribution in [-0.4, -0.2) is 41.5 Å². The zero-order valence-corrected chi connectivity index (χ0v) is 15.7. The lowest BCUT2D eigenvalue weighted by Crippen LogP contribution is -2.59. The van der Waals surface area contributed by atoms with Crippen LogP contribution in [0.25, 0.3) is 0 Å². The third-order valence-electron chi connectivity index (χ3n) is 6.31. The van der Waals surface area contributed by atoms with Crippen molar-refractivity contribution in [2.75, 3.05) is 19.6 Å². The van der Waals surface area contributed by atoms with Crippen LogP contribution in [0.3, 0.4) is 0 Å². The number of benzene rings is 1. The summed E-state index contributed by atoms with van der Waals surface area (Å²) in [7, 11) is 0. The number of fused-ring (bicyclic) bond motifs is 1. The molecule has 4 rings (SSSR count). The third-order valence-corrected chi connectivity index (χ3v) is 6.81. The van der Waals surface area contributed by atoms with Gasteiger partial charge in [-0.3, -0.25) is 9.80 Å². The molecule has 1 saturated carbocycles. The zero-order chi connectivity index (χ0) is 15.6. The highest BCUT2D eigenvalue weighted by Crippen LogP contribution is 2.38. The van der Waals surface area contributed by atoms with Gasteiger partial charge < -0.3 is 0 Å². The zero-order valence-electron chi connectivity index (χ0n) is 14.1. The van der Waals surface area contributed by atoms with E-state index in [1.54, 1.807) is 0 Å². The highest BCUT2D eigenvalue weighted by molar-refractivity contribution is 9.10. The molecule has 3 fully saturated rings. The smallest absolute Gasteiger partial charge is 0.0283 e. The van der Waals surface area contributed by atoms with Crippen molar-refractivity contribution in [1.29, 1.82) is 0 Å². The second-order valence-corrected chi connectivity index (χ2v) is 8.65. The van der Waals surface area contributed by atoms with Gasteiger partial charge in [0.2, 0.25) is 0 Å². The van der Waals surface area contributed by atoms with Gasteiger partial charge >= 0.3 is 0 Å². The molecule has 1 aromatic rings. The van der Waals surface area contributed by atoms with Crippen molar-refractivity contribution in [2.45, 2.75) is 63.6 Å². The van der Waals surface area contributed by atoms with Crippen molar-refractivity contribution in [3.8, 4) is 0 Å². The molecule has 2 heterocycles. The van der Waals surface area contributed by atoms with Gasteiger partial charge in [-0.2, -0.15) is 0 Å². The molecule has 1 aromatic carbocycles. The van der Waals surface area contributed by atoms with E-state index < -0.39 is 0 Å². The summed E-state index contributed by atoms with van der Waals surface area (Å²) < 4.78 is 1.21. The number of piperazine rings is 1. The second kappa shape index (κ2) is 7.25. The van der Waals surface area contributed by atoms with E-state index in [1.165, 1.54) is 74.6 Å². The lowest BCUT2D eigenvalue weighted by atomic mass is 9.78. The van der Waals surface area contributed by atoms with Crippen molar-refractivity contribution in [3.63, 3.8) is 0 Å². The number of halogens is 1. The van der Waals surface area contributed by atoms with E-state index in [0.29, 0.717) is 0 Å². The standard InChI is InChI=1S/C20H29BrN2/c21-18-9-4-6-16(14-18)15-23-13-12-22-11-5-10-19(22)20(23)17-7-2-1-3-8-17/h4,6,9,14,17,19-20H,1-3,5,7-8,10-13,15H2/t19-,20-/m0/s1. The molecule has 2 aliphatic heterocycles. The van der Waals surface area contributed by atoms with E-state index in [0.717, 1.165) is 24.5 Å². The van der Waals surface area contributed by atoms with Crippen LogP contribution in [0.15, 0.2) is 28.7 Å². The Bertz CT molecular complexity index is 526. The molecule has 0 aromatic heterocycles. The van der Waals surface area contributed by atoms with Gasteiger partial charge in [0, 0.05) is 36.2 Å². The molecular weight excluding hydrogens is 348 g/mol. The Hall–Kier alpha value is -0.380. The van der Waals surface area contributed by atoms with E-state index >= 15 is 0 Å². The number of rotatable bonds is 3. The van der Waals surface area contributed by atoms with Crippen LogP contribution in [0.4, 0.5) is 0 Å². The molecular formula is C20H29BrN2. The maximum absolute atomic E-state index is 3.64. The molecule has 0 spiro atoms. The Balaban J connectivity index is 1.55. The van der Waals surface area contributed by atoms with Gasteiger partial charge in [-0.05, 0) is 55.8 Å². The Morgan fingerprint density at radius 1 is 0.957 bits per heavy atom. The molecule has 0 amide bonds. The normalized spacial score (nSPS) is 30.5. The molecule has 0 N–H and O–H groups in total. The summed E-state index contributed by atoms with van der Waals surface area (Å²) in [6.07, 6.45) is 10.1. The summed E-state index contributed by atoms with van der Waals surface area (Å²) in [6.45, 7) is 5.01. The predicted octanol–water partition coefficient (Wildman–Crippen LogP) is 4.68. The lowest BCUT2D eigenvalue weighted by molar-refractivity contribution is -0.00380. The quantitative estimate of drug-likeness (QED) is 0.755. The number of hydrogen-bond donors (Lipinski definition) is 0. The molecule has 0 radical (unpaired) electrons. The SMILES string of the molecule is Brc1cccc(CN2CCN3CCC[C@H]3[C@@H]2C2CCCCC2)c1. The van der Waals surface area contributed by atoms with Crippen LogP contribution in [0.2, 0.25) is 0 Å². The van der Waals surface area contributed by atoms with Gasteiger partial charge in [0.05, 0.1) is 0 Å².